The lowest BCUT2D eigenvalue weighted by atomic mass is 9.77. The maximum absolute atomic E-state index is 13.8. The summed E-state index contributed by atoms with van der Waals surface area (Å²) in [6.45, 7) is 0. The molecule has 3 rings (SSSR count). The van der Waals surface area contributed by atoms with Crippen molar-refractivity contribution in [1.82, 2.24) is 10.6 Å². The van der Waals surface area contributed by atoms with Crippen LogP contribution in [-0.2, 0) is 0 Å². The van der Waals surface area contributed by atoms with Crippen LogP contribution in [0.3, 0.4) is 0 Å². The number of hydrogen-bond acceptors (Lipinski definition) is 3. The largest absolute Gasteiger partial charge is 0.437 e. The summed E-state index contributed by atoms with van der Waals surface area (Å²) in [7, 11) is 0. The minimum Gasteiger partial charge on any atom is -0.363 e. The summed E-state index contributed by atoms with van der Waals surface area (Å²) in [4.78, 5) is 24.9. The second-order valence-corrected chi connectivity index (χ2v) is 7.11. The van der Waals surface area contributed by atoms with Crippen molar-refractivity contribution in [2.45, 2.75) is 17.9 Å². The lowest BCUT2D eigenvalue weighted by molar-refractivity contribution is -0.287. The minimum atomic E-state index is -5.32. The molecule has 1 fully saturated rings. The van der Waals surface area contributed by atoms with Gasteiger partial charge in [-0.2, -0.15) is 13.2 Å². The van der Waals surface area contributed by atoms with Crippen LogP contribution in [0.4, 0.5) is 18.0 Å². The van der Waals surface area contributed by atoms with Crippen molar-refractivity contribution in [3.63, 3.8) is 0 Å². The molecule has 28 heavy (non-hydrogen) atoms. The van der Waals surface area contributed by atoms with E-state index in [1.807, 2.05) is 0 Å². The lowest BCUT2D eigenvalue weighted by Crippen LogP contribution is -2.72. The third-order valence-electron chi connectivity index (χ3n) is 4.45. The zero-order valence-corrected chi connectivity index (χ0v) is 15.4. The van der Waals surface area contributed by atoms with Crippen LogP contribution in [-0.4, -0.2) is 28.8 Å². The fourth-order valence-electron chi connectivity index (χ4n) is 3.08. The van der Waals surface area contributed by atoms with E-state index in [1.165, 1.54) is 53.8 Å². The van der Waals surface area contributed by atoms with Gasteiger partial charge in [0.2, 0.25) is 5.72 Å². The molecule has 0 radical (unpaired) electrons. The van der Waals surface area contributed by atoms with Gasteiger partial charge < -0.3 is 15.7 Å². The Kier molecular flexibility index (Phi) is 5.31. The van der Waals surface area contributed by atoms with Crippen LogP contribution in [0.25, 0.3) is 0 Å². The highest BCUT2D eigenvalue weighted by Gasteiger charge is 2.66. The molecule has 2 aromatic carbocycles. The Labute approximate surface area is 167 Å². The average molecular weight is 433 g/mol. The summed E-state index contributed by atoms with van der Waals surface area (Å²) >= 11 is 11.6. The van der Waals surface area contributed by atoms with Crippen molar-refractivity contribution in [1.29, 1.82) is 0 Å². The molecule has 1 aliphatic heterocycles. The number of Topliss-reactive ketones (excluding diaryl/α,β-unsaturated/α-hetero) is 1. The second-order valence-electron chi connectivity index (χ2n) is 6.24. The van der Waals surface area contributed by atoms with Crippen LogP contribution in [0, 0.1) is 5.92 Å². The van der Waals surface area contributed by atoms with E-state index in [0.717, 1.165) is 0 Å². The highest BCUT2D eigenvalue weighted by molar-refractivity contribution is 6.30. The SMILES string of the molecule is O=C1N[C@@H](c2ccc(Cl)cc2)[C@@H](C(=O)c2ccc(Cl)cc2)[C@](O)(C(F)(F)F)N1. The maximum atomic E-state index is 13.8. The van der Waals surface area contributed by atoms with Crippen molar-refractivity contribution in [2.24, 2.45) is 5.92 Å². The van der Waals surface area contributed by atoms with Crippen molar-refractivity contribution < 1.29 is 27.9 Å². The first-order valence-corrected chi connectivity index (χ1v) is 8.71. The first-order chi connectivity index (χ1) is 13.0. The van der Waals surface area contributed by atoms with Crippen LogP contribution in [0.1, 0.15) is 22.0 Å². The van der Waals surface area contributed by atoms with Crippen LogP contribution in [0.15, 0.2) is 48.5 Å². The number of ketones is 1. The second kappa shape index (κ2) is 7.27. The van der Waals surface area contributed by atoms with Gasteiger partial charge in [-0.3, -0.25) is 4.79 Å². The molecule has 10 heteroatoms. The minimum absolute atomic E-state index is 0.103. The Hall–Kier alpha value is -2.29. The first kappa shape index (κ1) is 20.4. The normalized spacial score (nSPS) is 25.0. The predicted octanol–water partition coefficient (Wildman–Crippen LogP) is 4.10. The first-order valence-electron chi connectivity index (χ1n) is 7.96. The highest BCUT2D eigenvalue weighted by Crippen LogP contribution is 2.44. The fourth-order valence-corrected chi connectivity index (χ4v) is 3.33. The summed E-state index contributed by atoms with van der Waals surface area (Å²) in [6, 6.07) is 8.01. The number of carbonyl (C=O) groups is 2. The molecule has 1 saturated heterocycles. The van der Waals surface area contributed by atoms with Crippen molar-refractivity contribution in [3.8, 4) is 0 Å². The topological polar surface area (TPSA) is 78.4 Å². The van der Waals surface area contributed by atoms with E-state index in [4.69, 9.17) is 23.2 Å². The van der Waals surface area contributed by atoms with Crippen molar-refractivity contribution >= 4 is 35.0 Å². The molecule has 0 spiro atoms. The molecule has 0 unspecified atom stereocenters. The number of amides is 2. The number of benzene rings is 2. The summed E-state index contributed by atoms with van der Waals surface area (Å²) in [5.74, 6) is -3.13. The average Bonchev–Trinajstić information content (AvgIpc) is 2.61. The Morgan fingerprint density at radius 2 is 1.50 bits per heavy atom. The number of carbonyl (C=O) groups excluding carboxylic acids is 2. The van der Waals surface area contributed by atoms with Gasteiger partial charge in [-0.25, -0.2) is 4.79 Å². The number of alkyl halides is 3. The number of rotatable bonds is 3. The summed E-state index contributed by atoms with van der Waals surface area (Å²) < 4.78 is 41.3. The molecule has 1 heterocycles. The molecule has 3 atom stereocenters. The number of urea groups is 1. The van der Waals surface area contributed by atoms with E-state index < -0.39 is 35.7 Å². The van der Waals surface area contributed by atoms with Gasteiger partial charge in [0.1, 0.15) is 5.92 Å². The highest BCUT2D eigenvalue weighted by atomic mass is 35.5. The van der Waals surface area contributed by atoms with Gasteiger partial charge in [0.15, 0.2) is 5.78 Å². The van der Waals surface area contributed by atoms with E-state index >= 15 is 0 Å². The van der Waals surface area contributed by atoms with E-state index in [0.29, 0.717) is 5.02 Å². The van der Waals surface area contributed by atoms with Gasteiger partial charge in [-0.05, 0) is 42.0 Å². The van der Waals surface area contributed by atoms with Crippen molar-refractivity contribution in [3.05, 3.63) is 69.7 Å². The number of aliphatic hydroxyl groups is 1. The Morgan fingerprint density at radius 3 is 2.00 bits per heavy atom. The van der Waals surface area contributed by atoms with Gasteiger partial charge in [-0.1, -0.05) is 35.3 Å². The Balaban J connectivity index is 2.15. The molecular formula is C18H13Cl2F3N2O3. The molecule has 148 valence electrons. The van der Waals surface area contributed by atoms with E-state index in [1.54, 1.807) is 0 Å². The predicted molar refractivity (Wildman–Crippen MR) is 96.1 cm³/mol. The van der Waals surface area contributed by atoms with Gasteiger partial charge >= 0.3 is 12.2 Å². The third-order valence-corrected chi connectivity index (χ3v) is 4.95. The molecule has 3 N–H and O–H groups in total. The maximum Gasteiger partial charge on any atom is 0.437 e. The van der Waals surface area contributed by atoms with Crippen LogP contribution < -0.4 is 10.6 Å². The van der Waals surface area contributed by atoms with Crippen LogP contribution in [0.2, 0.25) is 10.0 Å². The zero-order valence-electron chi connectivity index (χ0n) is 13.9. The van der Waals surface area contributed by atoms with E-state index in [9.17, 15) is 27.9 Å². The van der Waals surface area contributed by atoms with Gasteiger partial charge in [0, 0.05) is 15.6 Å². The summed E-state index contributed by atoms with van der Waals surface area (Å²) in [5.41, 5.74) is -3.71. The zero-order chi connectivity index (χ0) is 20.7. The smallest absolute Gasteiger partial charge is 0.363 e. The third kappa shape index (κ3) is 3.67. The molecule has 2 amide bonds. The van der Waals surface area contributed by atoms with Gasteiger partial charge in [-0.15, -0.1) is 0 Å². The van der Waals surface area contributed by atoms with Crippen molar-refractivity contribution in [2.75, 3.05) is 0 Å². The quantitative estimate of drug-likeness (QED) is 0.638. The molecule has 5 nitrogen and oxygen atoms in total. The standard InChI is InChI=1S/C18H13Cl2F3N2O3/c19-11-5-1-9(2-6-11)14-13(15(26)10-3-7-12(20)8-4-10)17(28,18(21,22)23)25-16(27)24-14/h1-8,13-14,28H,(H2,24,25,27)/t13-,14-,17-/m0/s1. The lowest BCUT2D eigenvalue weighted by Gasteiger charge is -2.45. The molecule has 0 aliphatic carbocycles. The van der Waals surface area contributed by atoms with Gasteiger partial charge in [0.25, 0.3) is 0 Å². The number of halogens is 5. The van der Waals surface area contributed by atoms with E-state index in [-0.39, 0.29) is 16.1 Å². The van der Waals surface area contributed by atoms with Gasteiger partial charge in [0.05, 0.1) is 6.04 Å². The van der Waals surface area contributed by atoms with Crippen LogP contribution in [0.5, 0.6) is 0 Å². The van der Waals surface area contributed by atoms with Crippen LogP contribution >= 0.6 is 23.2 Å². The number of nitrogens with one attached hydrogen (secondary N) is 2. The Bertz CT molecular complexity index is 904. The molecule has 2 aromatic rings. The molecule has 1 aliphatic rings. The summed E-state index contributed by atoms with van der Waals surface area (Å²) in [6.07, 6.45) is -5.32. The molecule has 0 saturated carbocycles. The van der Waals surface area contributed by atoms with E-state index in [2.05, 4.69) is 5.32 Å². The monoisotopic (exact) mass is 432 g/mol. The number of hydrogen-bond donors (Lipinski definition) is 3. The molecule has 0 aromatic heterocycles. The molecular weight excluding hydrogens is 420 g/mol. The fraction of sp³-hybridized carbons (Fsp3) is 0.222. The summed E-state index contributed by atoms with van der Waals surface area (Å²) in [5, 5.41) is 14.8. The Morgan fingerprint density at radius 1 is 1.00 bits per heavy atom. The molecule has 0 bridgehead atoms.